The Labute approximate surface area is 88.4 Å². The fraction of sp³-hybridized carbons (Fsp3) is 0.500. The maximum Gasteiger partial charge on any atom is 0.303 e. The van der Waals surface area contributed by atoms with Gasteiger partial charge in [-0.05, 0) is 6.42 Å². The monoisotopic (exact) mass is 250 g/mol. The molecule has 13 heavy (non-hydrogen) atoms. The summed E-state index contributed by atoms with van der Waals surface area (Å²) in [5.74, 6) is -0.711. The molecule has 1 aromatic rings. The van der Waals surface area contributed by atoms with E-state index < -0.39 is 5.97 Å². The third kappa shape index (κ3) is 11.2. The van der Waals surface area contributed by atoms with Crippen molar-refractivity contribution in [3.63, 3.8) is 0 Å². The zero-order chi connectivity index (χ0) is 9.40. The molecule has 1 N–H and O–H groups in total. The molecule has 0 atom stereocenters. The van der Waals surface area contributed by atoms with Crippen LogP contribution in [0.5, 0.6) is 0 Å². The van der Waals surface area contributed by atoms with E-state index in [4.69, 9.17) is 5.11 Å². The van der Waals surface area contributed by atoms with E-state index in [2.05, 4.69) is 4.98 Å². The van der Waals surface area contributed by atoms with Crippen LogP contribution in [0.3, 0.4) is 0 Å². The number of hydrogen-bond acceptors (Lipinski definition) is 2. The van der Waals surface area contributed by atoms with E-state index >= 15 is 0 Å². The van der Waals surface area contributed by atoms with Crippen LogP contribution in [0.25, 0.3) is 0 Å². The van der Waals surface area contributed by atoms with Gasteiger partial charge in [-0.1, -0.05) is 6.92 Å². The van der Waals surface area contributed by atoms with Crippen molar-refractivity contribution in [1.29, 1.82) is 0 Å². The number of aryl methyl sites for hydroxylation is 1. The number of halogens is 1. The molecule has 1 rings (SSSR count). The molecule has 0 aromatic carbocycles. The minimum Gasteiger partial charge on any atom is -0.481 e. The van der Waals surface area contributed by atoms with Crippen molar-refractivity contribution in [3.05, 3.63) is 18.7 Å². The minimum atomic E-state index is -0.711. The van der Waals surface area contributed by atoms with Crippen molar-refractivity contribution < 1.29 is 9.90 Å². The molecule has 0 unspecified atom stereocenters. The second-order valence-corrected chi connectivity index (χ2v) is 2.37. The van der Waals surface area contributed by atoms with E-state index in [1.807, 2.05) is 24.7 Å². The Morgan fingerprint density at radius 2 is 2.23 bits per heavy atom. The van der Waals surface area contributed by atoms with Gasteiger partial charge in [0, 0.05) is 25.9 Å². The van der Waals surface area contributed by atoms with Gasteiger partial charge in [-0.2, -0.15) is 0 Å². The van der Waals surface area contributed by atoms with Gasteiger partial charge in [-0.3, -0.25) is 4.79 Å². The number of aromatic nitrogens is 2. The number of hydrogen-bond donors (Lipinski definition) is 1. The molecule has 0 aliphatic heterocycles. The predicted molar refractivity (Wildman–Crippen MR) is 56.1 cm³/mol. The minimum absolute atomic E-state index is 0. The lowest BCUT2D eigenvalue weighted by Gasteiger charge is -1.79. The summed E-state index contributed by atoms with van der Waals surface area (Å²) in [7, 11) is 1.94. The molecule has 0 saturated heterocycles. The first kappa shape index (κ1) is 14.7. The van der Waals surface area contributed by atoms with Crippen LogP contribution in [-0.2, 0) is 11.8 Å². The van der Waals surface area contributed by atoms with E-state index in [-0.39, 0.29) is 17.0 Å². The van der Waals surface area contributed by atoms with Crippen molar-refractivity contribution in [2.45, 2.75) is 19.8 Å². The summed E-state index contributed by atoms with van der Waals surface area (Å²) in [6.07, 6.45) is 6.41. The van der Waals surface area contributed by atoms with Crippen LogP contribution in [0.15, 0.2) is 18.7 Å². The van der Waals surface area contributed by atoms with Crippen molar-refractivity contribution in [3.8, 4) is 0 Å². The number of rotatable bonds is 2. The third-order valence-electron chi connectivity index (χ3n) is 1.10. The molecular formula is C8H15BrN2O2. The van der Waals surface area contributed by atoms with Gasteiger partial charge in [-0.25, -0.2) is 4.98 Å². The lowest BCUT2D eigenvalue weighted by molar-refractivity contribution is -0.137. The third-order valence-corrected chi connectivity index (χ3v) is 1.10. The second kappa shape index (κ2) is 9.25. The average molecular weight is 251 g/mol. The second-order valence-electron chi connectivity index (χ2n) is 2.37. The number of carbonyl (C=O) groups is 1. The molecule has 0 aliphatic carbocycles. The van der Waals surface area contributed by atoms with E-state index in [1.165, 1.54) is 0 Å². The summed E-state index contributed by atoms with van der Waals surface area (Å²) in [5.41, 5.74) is 0. The fourth-order valence-electron chi connectivity index (χ4n) is 0.540. The molecule has 0 bridgehead atoms. The number of carboxylic acids is 1. The van der Waals surface area contributed by atoms with Gasteiger partial charge in [0.2, 0.25) is 0 Å². The largest absolute Gasteiger partial charge is 0.481 e. The molecule has 1 aromatic heterocycles. The maximum absolute atomic E-state index is 9.60. The molecule has 0 spiro atoms. The van der Waals surface area contributed by atoms with Gasteiger partial charge in [0.05, 0.1) is 6.33 Å². The Bertz CT molecular complexity index is 212. The highest BCUT2D eigenvalue weighted by Gasteiger charge is 1.87. The zero-order valence-corrected chi connectivity index (χ0v) is 9.52. The van der Waals surface area contributed by atoms with Crippen LogP contribution in [-0.4, -0.2) is 20.6 Å². The molecule has 0 radical (unpaired) electrons. The average Bonchev–Trinajstić information content (AvgIpc) is 2.40. The molecule has 4 nitrogen and oxygen atoms in total. The highest BCUT2D eigenvalue weighted by Crippen LogP contribution is 1.82. The standard InChI is InChI=1S/C4H6N2.C4H8O2.BrH/c1-6-3-2-5-4-6;1-2-3-4(5)6;/h2-4H,1H3;2-3H2,1H3,(H,5,6);1H. The molecule has 0 amide bonds. The van der Waals surface area contributed by atoms with Crippen LogP contribution in [0.2, 0.25) is 0 Å². The Hall–Kier alpha value is -0.840. The van der Waals surface area contributed by atoms with Gasteiger partial charge in [-0.15, -0.1) is 17.0 Å². The SMILES string of the molecule is Br.CCCC(=O)O.Cn1ccnc1. The smallest absolute Gasteiger partial charge is 0.303 e. The normalized spacial score (nSPS) is 7.85. The Balaban J connectivity index is 0. The van der Waals surface area contributed by atoms with E-state index in [0.29, 0.717) is 6.42 Å². The van der Waals surface area contributed by atoms with Crippen molar-refractivity contribution in [1.82, 2.24) is 9.55 Å². The van der Waals surface area contributed by atoms with Crippen LogP contribution in [0.4, 0.5) is 0 Å². The molecule has 5 heteroatoms. The lowest BCUT2D eigenvalue weighted by Crippen LogP contribution is -1.90. The predicted octanol–water partition coefficient (Wildman–Crippen LogP) is 1.87. The summed E-state index contributed by atoms with van der Waals surface area (Å²) in [6.45, 7) is 1.84. The van der Waals surface area contributed by atoms with Crippen LogP contribution < -0.4 is 0 Å². The van der Waals surface area contributed by atoms with Crippen LogP contribution >= 0.6 is 17.0 Å². The molecular weight excluding hydrogens is 236 g/mol. The fourth-order valence-corrected chi connectivity index (χ4v) is 0.540. The van der Waals surface area contributed by atoms with E-state index in [1.54, 1.807) is 12.5 Å². The van der Waals surface area contributed by atoms with Gasteiger partial charge < -0.3 is 9.67 Å². The molecule has 0 aliphatic rings. The van der Waals surface area contributed by atoms with Crippen molar-refractivity contribution >= 4 is 23.0 Å². The first-order valence-corrected chi connectivity index (χ1v) is 3.80. The number of carboxylic acid groups (broad SMARTS) is 1. The molecule has 1 heterocycles. The number of imidazole rings is 1. The summed E-state index contributed by atoms with van der Waals surface area (Å²) in [4.78, 5) is 13.4. The Kier molecular flexibility index (Phi) is 10.4. The number of nitrogens with zero attached hydrogens (tertiary/aromatic N) is 2. The molecule has 76 valence electrons. The van der Waals surface area contributed by atoms with Crippen LogP contribution in [0, 0.1) is 0 Å². The Morgan fingerprint density at radius 3 is 2.31 bits per heavy atom. The molecule has 0 saturated carbocycles. The summed E-state index contributed by atoms with van der Waals surface area (Å²) < 4.78 is 1.89. The topological polar surface area (TPSA) is 55.1 Å². The van der Waals surface area contributed by atoms with Gasteiger partial charge in [0.1, 0.15) is 0 Å². The summed E-state index contributed by atoms with van der Waals surface area (Å²) in [6, 6.07) is 0. The van der Waals surface area contributed by atoms with Gasteiger partial charge in [0.15, 0.2) is 0 Å². The Morgan fingerprint density at radius 1 is 1.62 bits per heavy atom. The highest BCUT2D eigenvalue weighted by atomic mass is 79.9. The summed E-state index contributed by atoms with van der Waals surface area (Å²) >= 11 is 0. The lowest BCUT2D eigenvalue weighted by atomic mass is 10.4. The quantitative estimate of drug-likeness (QED) is 0.872. The van der Waals surface area contributed by atoms with Crippen molar-refractivity contribution in [2.75, 3.05) is 0 Å². The number of aliphatic carboxylic acids is 1. The first-order chi connectivity index (χ1) is 5.66. The maximum atomic E-state index is 9.60. The van der Waals surface area contributed by atoms with E-state index in [0.717, 1.165) is 6.42 Å². The summed E-state index contributed by atoms with van der Waals surface area (Å²) in [5, 5.41) is 7.91. The van der Waals surface area contributed by atoms with Gasteiger partial charge >= 0.3 is 5.97 Å². The van der Waals surface area contributed by atoms with Crippen LogP contribution in [0.1, 0.15) is 19.8 Å². The van der Waals surface area contributed by atoms with E-state index in [9.17, 15) is 4.79 Å². The molecule has 0 fully saturated rings. The van der Waals surface area contributed by atoms with Crippen molar-refractivity contribution in [2.24, 2.45) is 7.05 Å². The highest BCUT2D eigenvalue weighted by molar-refractivity contribution is 8.93. The zero-order valence-electron chi connectivity index (χ0n) is 7.80. The van der Waals surface area contributed by atoms with Gasteiger partial charge in [0.25, 0.3) is 0 Å². The first-order valence-electron chi connectivity index (χ1n) is 3.80.